The fourth-order valence-corrected chi connectivity index (χ4v) is 4.83. The lowest BCUT2D eigenvalue weighted by Gasteiger charge is -2.59. The molecule has 1 N–H and O–H groups in total. The summed E-state index contributed by atoms with van der Waals surface area (Å²) >= 11 is 0. The van der Waals surface area contributed by atoms with E-state index in [1.807, 2.05) is 0 Å². The van der Waals surface area contributed by atoms with Gasteiger partial charge in [0, 0.05) is 11.1 Å². The SMILES string of the molecule is C=C1C2CC3CC1CC(NC(C)(C)C)(C3)C2. The predicted octanol–water partition coefficient (Wildman–Crippen LogP) is 3.51. The molecular weight excluding hydrogens is 194 g/mol. The second-order valence-corrected chi connectivity index (χ2v) is 7.57. The predicted molar refractivity (Wildman–Crippen MR) is 68.3 cm³/mol. The van der Waals surface area contributed by atoms with Gasteiger partial charge in [-0.1, -0.05) is 12.2 Å². The number of hydrogen-bond donors (Lipinski definition) is 1. The second kappa shape index (κ2) is 3.13. The van der Waals surface area contributed by atoms with E-state index >= 15 is 0 Å². The van der Waals surface area contributed by atoms with Crippen LogP contribution in [0, 0.1) is 17.8 Å². The molecule has 4 aliphatic rings. The Labute approximate surface area is 99.7 Å². The number of hydrogen-bond acceptors (Lipinski definition) is 1. The van der Waals surface area contributed by atoms with Crippen LogP contribution in [-0.2, 0) is 0 Å². The smallest absolute Gasteiger partial charge is 0.0200 e. The van der Waals surface area contributed by atoms with Gasteiger partial charge in [-0.05, 0) is 70.6 Å². The summed E-state index contributed by atoms with van der Waals surface area (Å²) in [7, 11) is 0. The molecule has 90 valence electrons. The minimum absolute atomic E-state index is 0.257. The summed E-state index contributed by atoms with van der Waals surface area (Å²) in [5.41, 5.74) is 2.30. The third kappa shape index (κ3) is 1.64. The summed E-state index contributed by atoms with van der Waals surface area (Å²) in [6.45, 7) is 11.3. The highest BCUT2D eigenvalue weighted by atomic mass is 15.1. The molecule has 0 radical (unpaired) electrons. The van der Waals surface area contributed by atoms with Gasteiger partial charge in [0.2, 0.25) is 0 Å². The van der Waals surface area contributed by atoms with Gasteiger partial charge in [-0.3, -0.25) is 0 Å². The number of nitrogens with one attached hydrogen (secondary N) is 1. The molecule has 0 aromatic heterocycles. The Bertz CT molecular complexity index is 305. The Morgan fingerprint density at radius 1 is 1.12 bits per heavy atom. The van der Waals surface area contributed by atoms with Crippen molar-refractivity contribution in [3.63, 3.8) is 0 Å². The molecule has 4 aliphatic carbocycles. The van der Waals surface area contributed by atoms with Crippen LogP contribution in [0.2, 0.25) is 0 Å². The van der Waals surface area contributed by atoms with E-state index in [9.17, 15) is 0 Å². The van der Waals surface area contributed by atoms with Crippen molar-refractivity contribution >= 4 is 0 Å². The van der Waals surface area contributed by atoms with Gasteiger partial charge in [-0.2, -0.15) is 0 Å². The van der Waals surface area contributed by atoms with E-state index < -0.39 is 0 Å². The average molecular weight is 219 g/mol. The highest BCUT2D eigenvalue weighted by Gasteiger charge is 2.53. The molecule has 2 unspecified atom stereocenters. The van der Waals surface area contributed by atoms with Gasteiger partial charge in [0.1, 0.15) is 0 Å². The molecule has 0 amide bonds. The van der Waals surface area contributed by atoms with Crippen LogP contribution in [0.1, 0.15) is 52.9 Å². The number of allylic oxidation sites excluding steroid dienone is 1. The third-order valence-corrected chi connectivity index (χ3v) is 4.88. The first kappa shape index (κ1) is 10.8. The Morgan fingerprint density at radius 2 is 1.69 bits per heavy atom. The number of rotatable bonds is 1. The van der Waals surface area contributed by atoms with Crippen molar-refractivity contribution in [1.82, 2.24) is 5.32 Å². The van der Waals surface area contributed by atoms with Crippen molar-refractivity contribution in [2.24, 2.45) is 17.8 Å². The molecule has 4 fully saturated rings. The first-order chi connectivity index (χ1) is 7.37. The zero-order chi connectivity index (χ0) is 11.6. The van der Waals surface area contributed by atoms with Crippen LogP contribution in [0.5, 0.6) is 0 Å². The molecule has 1 heteroatoms. The molecule has 4 bridgehead atoms. The highest BCUT2D eigenvalue weighted by Crippen LogP contribution is 2.57. The molecule has 0 aromatic rings. The van der Waals surface area contributed by atoms with Crippen LogP contribution < -0.4 is 5.32 Å². The fraction of sp³-hybridized carbons (Fsp3) is 0.867. The lowest BCUT2D eigenvalue weighted by atomic mass is 9.51. The molecule has 0 spiro atoms. The van der Waals surface area contributed by atoms with Crippen molar-refractivity contribution in [3.8, 4) is 0 Å². The maximum atomic E-state index is 4.35. The quantitative estimate of drug-likeness (QED) is 0.665. The summed E-state index contributed by atoms with van der Waals surface area (Å²) in [4.78, 5) is 0. The summed E-state index contributed by atoms with van der Waals surface area (Å²) < 4.78 is 0. The Hall–Kier alpha value is -0.300. The van der Waals surface area contributed by atoms with Gasteiger partial charge in [0.15, 0.2) is 0 Å². The van der Waals surface area contributed by atoms with Crippen molar-refractivity contribution in [3.05, 3.63) is 12.2 Å². The van der Waals surface area contributed by atoms with Crippen LogP contribution in [0.25, 0.3) is 0 Å². The van der Waals surface area contributed by atoms with E-state index in [1.165, 1.54) is 32.1 Å². The van der Waals surface area contributed by atoms with E-state index in [0.29, 0.717) is 5.54 Å². The molecular formula is C15H25N. The minimum atomic E-state index is 0.257. The van der Waals surface area contributed by atoms with Gasteiger partial charge in [0.25, 0.3) is 0 Å². The van der Waals surface area contributed by atoms with E-state index in [4.69, 9.17) is 0 Å². The molecule has 0 aliphatic heterocycles. The zero-order valence-corrected chi connectivity index (χ0v) is 11.0. The van der Waals surface area contributed by atoms with Gasteiger partial charge in [0.05, 0.1) is 0 Å². The third-order valence-electron chi connectivity index (χ3n) is 4.88. The van der Waals surface area contributed by atoms with E-state index in [2.05, 4.69) is 32.7 Å². The molecule has 2 atom stereocenters. The zero-order valence-electron chi connectivity index (χ0n) is 11.0. The lowest BCUT2D eigenvalue weighted by Crippen LogP contribution is -2.63. The monoisotopic (exact) mass is 219 g/mol. The summed E-state index contributed by atoms with van der Waals surface area (Å²) in [6.07, 6.45) is 7.00. The Morgan fingerprint density at radius 3 is 2.19 bits per heavy atom. The minimum Gasteiger partial charge on any atom is -0.307 e. The normalized spacial score (nSPS) is 46.4. The first-order valence-electron chi connectivity index (χ1n) is 6.85. The fourth-order valence-electron chi connectivity index (χ4n) is 4.83. The first-order valence-corrected chi connectivity index (χ1v) is 6.85. The van der Waals surface area contributed by atoms with Crippen molar-refractivity contribution in [2.75, 3.05) is 0 Å². The Balaban J connectivity index is 1.86. The maximum absolute atomic E-state index is 4.35. The summed E-state index contributed by atoms with van der Waals surface area (Å²) in [5, 5.41) is 3.94. The lowest BCUT2D eigenvalue weighted by molar-refractivity contribution is 0.00728. The van der Waals surface area contributed by atoms with E-state index in [0.717, 1.165) is 17.8 Å². The molecule has 4 rings (SSSR count). The van der Waals surface area contributed by atoms with Crippen LogP contribution in [0.4, 0.5) is 0 Å². The van der Waals surface area contributed by atoms with Crippen LogP contribution in [0.3, 0.4) is 0 Å². The molecule has 0 saturated heterocycles. The average Bonchev–Trinajstić information content (AvgIpc) is 2.08. The summed E-state index contributed by atoms with van der Waals surface area (Å²) in [6, 6.07) is 0. The topological polar surface area (TPSA) is 12.0 Å². The van der Waals surface area contributed by atoms with Gasteiger partial charge >= 0.3 is 0 Å². The van der Waals surface area contributed by atoms with Crippen LogP contribution in [0.15, 0.2) is 12.2 Å². The molecule has 16 heavy (non-hydrogen) atoms. The standard InChI is InChI=1S/C15H25N/c1-10-12-5-11-6-13(10)9-15(7-11,8-12)16-14(2,3)4/h11-13,16H,1,5-9H2,2-4H3. The van der Waals surface area contributed by atoms with Crippen LogP contribution in [-0.4, -0.2) is 11.1 Å². The van der Waals surface area contributed by atoms with Crippen molar-refractivity contribution in [2.45, 2.75) is 64.0 Å². The largest absolute Gasteiger partial charge is 0.307 e. The van der Waals surface area contributed by atoms with Crippen molar-refractivity contribution in [1.29, 1.82) is 0 Å². The second-order valence-electron chi connectivity index (χ2n) is 7.57. The molecule has 0 heterocycles. The molecule has 4 saturated carbocycles. The van der Waals surface area contributed by atoms with E-state index in [1.54, 1.807) is 5.57 Å². The van der Waals surface area contributed by atoms with Gasteiger partial charge in [-0.15, -0.1) is 0 Å². The van der Waals surface area contributed by atoms with Crippen molar-refractivity contribution < 1.29 is 0 Å². The maximum Gasteiger partial charge on any atom is 0.0200 e. The molecule has 0 aromatic carbocycles. The molecule has 1 nitrogen and oxygen atoms in total. The van der Waals surface area contributed by atoms with Gasteiger partial charge < -0.3 is 5.32 Å². The summed E-state index contributed by atoms with van der Waals surface area (Å²) in [5.74, 6) is 2.65. The highest BCUT2D eigenvalue weighted by molar-refractivity contribution is 5.23. The Kier molecular flexibility index (Phi) is 2.12. The van der Waals surface area contributed by atoms with Crippen LogP contribution >= 0.6 is 0 Å². The van der Waals surface area contributed by atoms with Gasteiger partial charge in [-0.25, -0.2) is 0 Å². The van der Waals surface area contributed by atoms with E-state index in [-0.39, 0.29) is 5.54 Å².